The fourth-order valence-electron chi connectivity index (χ4n) is 2.79. The zero-order chi connectivity index (χ0) is 16.4. The van der Waals surface area contributed by atoms with Gasteiger partial charge in [-0.25, -0.2) is 0 Å². The highest BCUT2D eigenvalue weighted by molar-refractivity contribution is 5.85. The first-order chi connectivity index (χ1) is 11.1. The zero-order valence-corrected chi connectivity index (χ0v) is 15.1. The van der Waals surface area contributed by atoms with Crippen molar-refractivity contribution in [3.05, 3.63) is 23.5 Å². The monoisotopic (exact) mass is 354 g/mol. The summed E-state index contributed by atoms with van der Waals surface area (Å²) in [5.41, 5.74) is 1.73. The van der Waals surface area contributed by atoms with Gasteiger partial charge in [0.15, 0.2) is 5.82 Å². The molecule has 1 aliphatic rings. The van der Waals surface area contributed by atoms with E-state index in [2.05, 4.69) is 27.4 Å². The van der Waals surface area contributed by atoms with E-state index in [1.807, 2.05) is 19.1 Å². The molecule has 24 heavy (non-hydrogen) atoms. The van der Waals surface area contributed by atoms with E-state index in [4.69, 9.17) is 14.0 Å². The van der Waals surface area contributed by atoms with Gasteiger partial charge in [0.05, 0.1) is 20.3 Å². The third-order valence-electron chi connectivity index (χ3n) is 4.25. The topological polar surface area (TPSA) is 72.7 Å². The number of benzene rings is 1. The lowest BCUT2D eigenvalue weighted by molar-refractivity contribution is 0.190. The molecule has 1 saturated heterocycles. The van der Waals surface area contributed by atoms with Crippen LogP contribution >= 0.6 is 12.4 Å². The van der Waals surface area contributed by atoms with E-state index in [1.54, 1.807) is 14.2 Å². The third kappa shape index (κ3) is 3.48. The first-order valence-corrected chi connectivity index (χ1v) is 7.61. The van der Waals surface area contributed by atoms with Gasteiger partial charge in [-0.3, -0.25) is 4.90 Å². The van der Waals surface area contributed by atoms with Crippen LogP contribution in [0, 0.1) is 6.92 Å². The molecule has 0 radical (unpaired) electrons. The van der Waals surface area contributed by atoms with Crippen molar-refractivity contribution in [2.24, 2.45) is 0 Å². The molecule has 0 amide bonds. The SMILES string of the molecule is COc1cc(-c2nc(C3CNCCN3C)no2)cc(OC)c1C.Cl. The molecular weight excluding hydrogens is 332 g/mol. The standard InChI is InChI=1S/C16H22N4O3.ClH/c1-10-13(21-3)7-11(8-14(10)22-4)16-18-15(19-23-16)12-9-17-5-6-20(12)2;/h7-8,12,17H,5-6,9H2,1-4H3;1H. The highest BCUT2D eigenvalue weighted by Gasteiger charge is 2.26. The van der Waals surface area contributed by atoms with Gasteiger partial charge in [0.1, 0.15) is 11.5 Å². The van der Waals surface area contributed by atoms with Crippen molar-refractivity contribution in [3.63, 3.8) is 0 Å². The number of likely N-dealkylation sites (N-methyl/N-ethyl adjacent to an activating group) is 1. The Balaban J connectivity index is 0.00000208. The number of nitrogens with one attached hydrogen (secondary N) is 1. The molecule has 1 aromatic carbocycles. The number of rotatable bonds is 4. The summed E-state index contributed by atoms with van der Waals surface area (Å²) in [7, 11) is 5.33. The van der Waals surface area contributed by atoms with Crippen molar-refractivity contribution in [3.8, 4) is 23.0 Å². The van der Waals surface area contributed by atoms with E-state index >= 15 is 0 Å². The van der Waals surface area contributed by atoms with Gasteiger partial charge in [-0.1, -0.05) is 5.16 Å². The van der Waals surface area contributed by atoms with Crippen LogP contribution in [0.25, 0.3) is 11.5 Å². The summed E-state index contributed by atoms with van der Waals surface area (Å²) in [5.74, 6) is 2.62. The van der Waals surface area contributed by atoms with Gasteiger partial charge in [-0.15, -0.1) is 12.4 Å². The Labute approximate surface area is 147 Å². The second kappa shape index (κ2) is 7.83. The molecule has 1 fully saturated rings. The third-order valence-corrected chi connectivity index (χ3v) is 4.25. The highest BCUT2D eigenvalue weighted by Crippen LogP contribution is 2.34. The molecule has 132 valence electrons. The maximum absolute atomic E-state index is 5.46. The summed E-state index contributed by atoms with van der Waals surface area (Å²) >= 11 is 0. The van der Waals surface area contributed by atoms with Crippen LogP contribution in [0.4, 0.5) is 0 Å². The molecule has 0 bridgehead atoms. The smallest absolute Gasteiger partial charge is 0.258 e. The summed E-state index contributed by atoms with van der Waals surface area (Å²) in [5, 5.41) is 7.50. The summed E-state index contributed by atoms with van der Waals surface area (Å²) in [6.07, 6.45) is 0. The number of methoxy groups -OCH3 is 2. The highest BCUT2D eigenvalue weighted by atomic mass is 35.5. The average Bonchev–Trinajstić information content (AvgIpc) is 3.05. The molecule has 2 aromatic rings. The lowest BCUT2D eigenvalue weighted by Gasteiger charge is -2.30. The Hall–Kier alpha value is -1.83. The molecule has 0 aliphatic carbocycles. The molecular formula is C16H23ClN4O3. The van der Waals surface area contributed by atoms with Crippen molar-refractivity contribution in [1.29, 1.82) is 0 Å². The Morgan fingerprint density at radius 3 is 2.50 bits per heavy atom. The van der Waals surface area contributed by atoms with Crippen LogP contribution in [-0.2, 0) is 0 Å². The van der Waals surface area contributed by atoms with Crippen LogP contribution in [0.1, 0.15) is 17.4 Å². The predicted octanol–water partition coefficient (Wildman–Crippen LogP) is 2.06. The van der Waals surface area contributed by atoms with Gasteiger partial charge in [-0.05, 0) is 26.1 Å². The van der Waals surface area contributed by atoms with Gasteiger partial charge in [-0.2, -0.15) is 4.98 Å². The fraction of sp³-hybridized carbons (Fsp3) is 0.500. The van der Waals surface area contributed by atoms with E-state index in [-0.39, 0.29) is 18.4 Å². The molecule has 1 N–H and O–H groups in total. The number of piperazine rings is 1. The maximum Gasteiger partial charge on any atom is 0.258 e. The first-order valence-electron chi connectivity index (χ1n) is 7.61. The van der Waals surface area contributed by atoms with E-state index in [0.29, 0.717) is 11.7 Å². The summed E-state index contributed by atoms with van der Waals surface area (Å²) in [6, 6.07) is 3.89. The van der Waals surface area contributed by atoms with Gasteiger partial charge in [0.25, 0.3) is 5.89 Å². The minimum Gasteiger partial charge on any atom is -0.496 e. The van der Waals surface area contributed by atoms with Gasteiger partial charge >= 0.3 is 0 Å². The number of aromatic nitrogens is 2. The van der Waals surface area contributed by atoms with Gasteiger partial charge in [0.2, 0.25) is 0 Å². The first kappa shape index (κ1) is 18.5. The van der Waals surface area contributed by atoms with Gasteiger partial charge < -0.3 is 19.3 Å². The number of hydrogen-bond acceptors (Lipinski definition) is 7. The second-order valence-electron chi connectivity index (χ2n) is 5.66. The van der Waals surface area contributed by atoms with Crippen molar-refractivity contribution < 1.29 is 14.0 Å². The van der Waals surface area contributed by atoms with Crippen molar-refractivity contribution in [2.75, 3.05) is 40.9 Å². The summed E-state index contributed by atoms with van der Waals surface area (Å²) in [6.45, 7) is 4.70. The van der Waals surface area contributed by atoms with Crippen molar-refractivity contribution >= 4 is 12.4 Å². The lowest BCUT2D eigenvalue weighted by atomic mass is 10.1. The quantitative estimate of drug-likeness (QED) is 0.900. The molecule has 1 aromatic heterocycles. The van der Waals surface area contributed by atoms with Crippen LogP contribution in [0.15, 0.2) is 16.7 Å². The average molecular weight is 355 g/mol. The molecule has 3 rings (SSSR count). The summed E-state index contributed by atoms with van der Waals surface area (Å²) in [4.78, 5) is 6.79. The summed E-state index contributed by atoms with van der Waals surface area (Å²) < 4.78 is 16.3. The van der Waals surface area contributed by atoms with E-state index in [0.717, 1.165) is 42.3 Å². The number of nitrogens with zero attached hydrogens (tertiary/aromatic N) is 3. The van der Waals surface area contributed by atoms with E-state index < -0.39 is 0 Å². The molecule has 0 saturated carbocycles. The molecule has 0 spiro atoms. The largest absolute Gasteiger partial charge is 0.496 e. The minimum atomic E-state index is 0. The van der Waals surface area contributed by atoms with Crippen LogP contribution in [-0.4, -0.2) is 55.9 Å². The Bertz CT molecular complexity index is 667. The molecule has 8 heteroatoms. The number of halogens is 1. The maximum atomic E-state index is 5.46. The lowest BCUT2D eigenvalue weighted by Crippen LogP contribution is -2.44. The fourth-order valence-corrected chi connectivity index (χ4v) is 2.79. The molecule has 2 heterocycles. The van der Waals surface area contributed by atoms with Crippen molar-refractivity contribution in [2.45, 2.75) is 13.0 Å². The Morgan fingerprint density at radius 2 is 1.92 bits per heavy atom. The Morgan fingerprint density at radius 1 is 1.25 bits per heavy atom. The predicted molar refractivity (Wildman–Crippen MR) is 93.1 cm³/mol. The Kier molecular flexibility index (Phi) is 6.04. The molecule has 1 atom stereocenters. The zero-order valence-electron chi connectivity index (χ0n) is 14.3. The van der Waals surface area contributed by atoms with Crippen LogP contribution in [0.3, 0.4) is 0 Å². The second-order valence-corrected chi connectivity index (χ2v) is 5.66. The molecule has 1 aliphatic heterocycles. The van der Waals surface area contributed by atoms with E-state index in [9.17, 15) is 0 Å². The molecule has 1 unspecified atom stereocenters. The van der Waals surface area contributed by atoms with Crippen LogP contribution in [0.2, 0.25) is 0 Å². The normalized spacial score (nSPS) is 18.1. The van der Waals surface area contributed by atoms with Gasteiger partial charge in [0, 0.05) is 30.8 Å². The minimum absolute atomic E-state index is 0. The van der Waals surface area contributed by atoms with Crippen molar-refractivity contribution in [1.82, 2.24) is 20.4 Å². The number of ether oxygens (including phenoxy) is 2. The van der Waals surface area contributed by atoms with Crippen LogP contribution in [0.5, 0.6) is 11.5 Å². The van der Waals surface area contributed by atoms with E-state index in [1.165, 1.54) is 0 Å². The van der Waals surface area contributed by atoms with Crippen LogP contribution < -0.4 is 14.8 Å². The number of hydrogen-bond donors (Lipinski definition) is 1. The molecule has 7 nitrogen and oxygen atoms in total.